The second-order valence-electron chi connectivity index (χ2n) is 4.79. The largest absolute Gasteiger partial charge is 0.496 e. The van der Waals surface area contributed by atoms with Gasteiger partial charge in [-0.15, -0.1) is 0 Å². The fourth-order valence-corrected chi connectivity index (χ4v) is 1.95. The van der Waals surface area contributed by atoms with E-state index in [1.807, 2.05) is 6.07 Å². The standard InChI is InChI=1S/C14H18O2/c1-9-10(2)13-11(8-12(9)15-5)6-7-14(3,4)16-13/h6-8H,1-5H3. The van der Waals surface area contributed by atoms with Crippen LogP contribution in [0.3, 0.4) is 0 Å². The van der Waals surface area contributed by atoms with Gasteiger partial charge in [-0.1, -0.05) is 6.08 Å². The fourth-order valence-electron chi connectivity index (χ4n) is 1.95. The molecule has 0 bridgehead atoms. The summed E-state index contributed by atoms with van der Waals surface area (Å²) < 4.78 is 11.3. The molecule has 1 aromatic rings. The predicted octanol–water partition coefficient (Wildman–Crippen LogP) is 3.50. The Balaban J connectivity index is 2.61. The summed E-state index contributed by atoms with van der Waals surface area (Å²) in [5, 5.41) is 0. The van der Waals surface area contributed by atoms with E-state index in [1.54, 1.807) is 7.11 Å². The molecule has 0 aliphatic carbocycles. The third kappa shape index (κ3) is 1.69. The zero-order valence-corrected chi connectivity index (χ0v) is 10.5. The molecule has 1 aliphatic heterocycles. The third-order valence-electron chi connectivity index (χ3n) is 3.07. The van der Waals surface area contributed by atoms with Crippen LogP contribution in [0, 0.1) is 13.8 Å². The van der Waals surface area contributed by atoms with Crippen LogP contribution in [0.2, 0.25) is 0 Å². The van der Waals surface area contributed by atoms with E-state index in [2.05, 4.69) is 39.8 Å². The van der Waals surface area contributed by atoms with Gasteiger partial charge < -0.3 is 9.47 Å². The summed E-state index contributed by atoms with van der Waals surface area (Å²) in [7, 11) is 1.70. The van der Waals surface area contributed by atoms with Crippen LogP contribution in [0.15, 0.2) is 12.1 Å². The number of methoxy groups -OCH3 is 1. The highest BCUT2D eigenvalue weighted by Gasteiger charge is 2.24. The van der Waals surface area contributed by atoms with Gasteiger partial charge in [0.05, 0.1) is 7.11 Å². The van der Waals surface area contributed by atoms with Crippen LogP contribution >= 0.6 is 0 Å². The molecule has 0 fully saturated rings. The molecule has 86 valence electrons. The first-order valence-electron chi connectivity index (χ1n) is 5.51. The molecule has 0 unspecified atom stereocenters. The molecule has 16 heavy (non-hydrogen) atoms. The molecular weight excluding hydrogens is 200 g/mol. The first-order valence-corrected chi connectivity index (χ1v) is 5.51. The van der Waals surface area contributed by atoms with E-state index in [4.69, 9.17) is 9.47 Å². The predicted molar refractivity (Wildman–Crippen MR) is 66.2 cm³/mol. The summed E-state index contributed by atoms with van der Waals surface area (Å²) in [5.41, 5.74) is 3.18. The minimum atomic E-state index is -0.223. The molecule has 0 N–H and O–H groups in total. The van der Waals surface area contributed by atoms with Gasteiger partial charge in [0, 0.05) is 5.56 Å². The molecular formula is C14H18O2. The average molecular weight is 218 g/mol. The molecule has 1 aromatic carbocycles. The molecule has 0 amide bonds. The van der Waals surface area contributed by atoms with Crippen LogP contribution in [0.5, 0.6) is 11.5 Å². The van der Waals surface area contributed by atoms with E-state index in [0.29, 0.717) is 0 Å². The van der Waals surface area contributed by atoms with Crippen molar-refractivity contribution < 1.29 is 9.47 Å². The summed E-state index contributed by atoms with van der Waals surface area (Å²) >= 11 is 0. The van der Waals surface area contributed by atoms with Gasteiger partial charge in [0.1, 0.15) is 17.1 Å². The van der Waals surface area contributed by atoms with Crippen molar-refractivity contribution in [1.82, 2.24) is 0 Å². The number of benzene rings is 1. The Labute approximate surface area is 96.9 Å². The van der Waals surface area contributed by atoms with Crippen LogP contribution < -0.4 is 9.47 Å². The molecule has 2 rings (SSSR count). The lowest BCUT2D eigenvalue weighted by atomic mass is 9.97. The van der Waals surface area contributed by atoms with E-state index in [0.717, 1.165) is 28.2 Å². The van der Waals surface area contributed by atoms with Crippen LogP contribution in [-0.4, -0.2) is 12.7 Å². The number of ether oxygens (including phenoxy) is 2. The maximum Gasteiger partial charge on any atom is 0.131 e. The van der Waals surface area contributed by atoms with Gasteiger partial charge in [-0.05, 0) is 51.0 Å². The van der Waals surface area contributed by atoms with Crippen molar-refractivity contribution >= 4 is 6.08 Å². The minimum Gasteiger partial charge on any atom is -0.496 e. The van der Waals surface area contributed by atoms with Crippen molar-refractivity contribution in [3.63, 3.8) is 0 Å². The van der Waals surface area contributed by atoms with Gasteiger partial charge in [-0.3, -0.25) is 0 Å². The Hall–Kier alpha value is -1.44. The molecule has 1 heterocycles. The summed E-state index contributed by atoms with van der Waals surface area (Å²) in [6, 6.07) is 2.03. The van der Waals surface area contributed by atoms with Crippen LogP contribution in [0.4, 0.5) is 0 Å². The first kappa shape index (κ1) is 11.1. The Morgan fingerprint density at radius 3 is 2.50 bits per heavy atom. The second kappa shape index (κ2) is 3.55. The monoisotopic (exact) mass is 218 g/mol. The van der Waals surface area contributed by atoms with Gasteiger partial charge in [0.2, 0.25) is 0 Å². The Kier molecular flexibility index (Phi) is 2.45. The van der Waals surface area contributed by atoms with E-state index in [9.17, 15) is 0 Å². The Morgan fingerprint density at radius 2 is 1.88 bits per heavy atom. The molecule has 2 nitrogen and oxygen atoms in total. The smallest absolute Gasteiger partial charge is 0.131 e. The SMILES string of the molecule is COc1cc2c(c(C)c1C)OC(C)(C)C=C2. The average Bonchev–Trinajstić information content (AvgIpc) is 2.23. The lowest BCUT2D eigenvalue weighted by molar-refractivity contribution is 0.157. The van der Waals surface area contributed by atoms with Gasteiger partial charge in [-0.25, -0.2) is 0 Å². The van der Waals surface area contributed by atoms with Crippen molar-refractivity contribution in [3.8, 4) is 11.5 Å². The van der Waals surface area contributed by atoms with E-state index in [-0.39, 0.29) is 5.60 Å². The van der Waals surface area contributed by atoms with Crippen LogP contribution in [-0.2, 0) is 0 Å². The van der Waals surface area contributed by atoms with Crippen molar-refractivity contribution in [2.24, 2.45) is 0 Å². The van der Waals surface area contributed by atoms with Gasteiger partial charge in [0.15, 0.2) is 0 Å². The quantitative estimate of drug-likeness (QED) is 0.718. The molecule has 0 saturated carbocycles. The van der Waals surface area contributed by atoms with Crippen molar-refractivity contribution in [2.45, 2.75) is 33.3 Å². The second-order valence-corrected chi connectivity index (χ2v) is 4.79. The van der Waals surface area contributed by atoms with Crippen LogP contribution in [0.1, 0.15) is 30.5 Å². The molecule has 1 aliphatic rings. The highest BCUT2D eigenvalue weighted by molar-refractivity contribution is 5.67. The summed E-state index contributed by atoms with van der Waals surface area (Å²) in [5.74, 6) is 1.90. The number of rotatable bonds is 1. The fraction of sp³-hybridized carbons (Fsp3) is 0.429. The minimum absolute atomic E-state index is 0.223. The molecule has 0 atom stereocenters. The zero-order chi connectivity index (χ0) is 11.9. The van der Waals surface area contributed by atoms with Gasteiger partial charge in [0.25, 0.3) is 0 Å². The van der Waals surface area contributed by atoms with Gasteiger partial charge in [-0.2, -0.15) is 0 Å². The van der Waals surface area contributed by atoms with E-state index < -0.39 is 0 Å². The van der Waals surface area contributed by atoms with Crippen molar-refractivity contribution in [1.29, 1.82) is 0 Å². The topological polar surface area (TPSA) is 18.5 Å². The lowest BCUT2D eigenvalue weighted by Gasteiger charge is -2.30. The lowest BCUT2D eigenvalue weighted by Crippen LogP contribution is -2.28. The maximum absolute atomic E-state index is 5.99. The molecule has 0 spiro atoms. The molecule has 0 saturated heterocycles. The summed E-state index contributed by atoms with van der Waals surface area (Å²) in [6.07, 6.45) is 4.18. The Morgan fingerprint density at radius 1 is 1.19 bits per heavy atom. The molecule has 2 heteroatoms. The maximum atomic E-state index is 5.99. The van der Waals surface area contributed by atoms with Gasteiger partial charge >= 0.3 is 0 Å². The van der Waals surface area contributed by atoms with Crippen LogP contribution in [0.25, 0.3) is 6.08 Å². The Bertz CT molecular complexity index is 456. The third-order valence-corrected chi connectivity index (χ3v) is 3.07. The number of hydrogen-bond acceptors (Lipinski definition) is 2. The summed E-state index contributed by atoms with van der Waals surface area (Å²) in [4.78, 5) is 0. The highest BCUT2D eigenvalue weighted by Crippen LogP contribution is 2.39. The van der Waals surface area contributed by atoms with E-state index in [1.165, 1.54) is 0 Å². The van der Waals surface area contributed by atoms with Crippen molar-refractivity contribution in [3.05, 3.63) is 28.8 Å². The first-order chi connectivity index (χ1) is 7.44. The number of fused-ring (bicyclic) bond motifs is 1. The summed E-state index contributed by atoms with van der Waals surface area (Å²) in [6.45, 7) is 8.26. The van der Waals surface area contributed by atoms with Crippen molar-refractivity contribution in [2.75, 3.05) is 7.11 Å². The van der Waals surface area contributed by atoms with E-state index >= 15 is 0 Å². The molecule has 0 radical (unpaired) electrons. The number of hydrogen-bond donors (Lipinski definition) is 0. The zero-order valence-electron chi connectivity index (χ0n) is 10.5. The molecule has 0 aromatic heterocycles. The normalized spacial score (nSPS) is 16.6. The highest BCUT2D eigenvalue weighted by atomic mass is 16.5.